The van der Waals surface area contributed by atoms with E-state index >= 15 is 0 Å². The topological polar surface area (TPSA) is 12.5 Å². The monoisotopic (exact) mass is 277 g/mol. The molecule has 2 aromatic carbocycles. The lowest BCUT2D eigenvalue weighted by Gasteiger charge is -2.18. The van der Waals surface area contributed by atoms with Gasteiger partial charge in [0, 0.05) is 11.6 Å². The van der Waals surface area contributed by atoms with E-state index in [4.69, 9.17) is 4.74 Å². The Kier molecular flexibility index (Phi) is 4.06. The minimum absolute atomic E-state index is 0.0753. The summed E-state index contributed by atoms with van der Waals surface area (Å²) in [6.45, 7) is 2.18. The molecule has 106 valence electrons. The first-order valence-corrected chi connectivity index (χ1v) is 7.24. The Morgan fingerprint density at radius 3 is 2.24 bits per heavy atom. The highest BCUT2D eigenvalue weighted by Gasteiger charge is 2.36. The number of benzene rings is 2. The zero-order valence-electron chi connectivity index (χ0n) is 12.4. The zero-order valence-corrected chi connectivity index (χ0v) is 12.4. The molecule has 3 rings (SSSR count). The van der Waals surface area contributed by atoms with Gasteiger partial charge in [0.1, 0.15) is 6.10 Å². The largest absolute Gasteiger partial charge is 0.342 e. The maximum Gasteiger partial charge on any atom is 0.175 e. The first-order valence-electron chi connectivity index (χ1n) is 7.24. The van der Waals surface area contributed by atoms with Crippen LogP contribution in [0.5, 0.6) is 0 Å². The van der Waals surface area contributed by atoms with Gasteiger partial charge >= 0.3 is 0 Å². The molecule has 0 aromatic heterocycles. The molecule has 0 amide bonds. The summed E-state index contributed by atoms with van der Waals surface area (Å²) in [5.41, 5.74) is 2.23. The van der Waals surface area contributed by atoms with Gasteiger partial charge in [0.25, 0.3) is 0 Å². The summed E-state index contributed by atoms with van der Waals surface area (Å²) in [6.07, 6.45) is -0.0864. The Balaban J connectivity index is 1.78. The van der Waals surface area contributed by atoms with Crippen molar-refractivity contribution in [3.63, 3.8) is 0 Å². The first kappa shape index (κ1) is 13.9. The molecule has 1 fully saturated rings. The summed E-state index contributed by atoms with van der Waals surface area (Å²) < 4.78 is 6.15. The van der Waals surface area contributed by atoms with Gasteiger partial charge in [0.2, 0.25) is 0 Å². The van der Waals surface area contributed by atoms with Crippen LogP contribution in [0, 0.1) is 11.8 Å². The molecule has 1 heterocycles. The lowest BCUT2D eigenvalue weighted by atomic mass is 10.0. The van der Waals surface area contributed by atoms with Gasteiger partial charge in [-0.25, -0.2) is 0 Å². The van der Waals surface area contributed by atoms with Crippen LogP contribution in [0.1, 0.15) is 24.2 Å². The quantitative estimate of drug-likeness (QED) is 0.740. The molecule has 0 unspecified atom stereocenters. The SMILES string of the molecule is C[C@@H]1[C@@H](c2ccccc2)O[C@H](C#Cc2ccccc2)N1C. The van der Waals surface area contributed by atoms with Crippen molar-refractivity contribution in [2.45, 2.75) is 25.3 Å². The number of hydrogen-bond acceptors (Lipinski definition) is 2. The smallest absolute Gasteiger partial charge is 0.175 e. The van der Waals surface area contributed by atoms with Gasteiger partial charge in [-0.2, -0.15) is 0 Å². The van der Waals surface area contributed by atoms with Crippen molar-refractivity contribution in [2.24, 2.45) is 0 Å². The Morgan fingerprint density at radius 2 is 1.57 bits per heavy atom. The van der Waals surface area contributed by atoms with E-state index in [0.29, 0.717) is 6.04 Å². The minimum Gasteiger partial charge on any atom is -0.342 e. The normalized spacial score (nSPS) is 25.3. The van der Waals surface area contributed by atoms with E-state index in [1.165, 1.54) is 5.56 Å². The highest BCUT2D eigenvalue weighted by atomic mass is 16.5. The summed E-state index contributed by atoms with van der Waals surface area (Å²) in [5, 5.41) is 0. The number of ether oxygens (including phenoxy) is 1. The molecule has 1 aliphatic heterocycles. The number of likely N-dealkylation sites (N-methyl/N-ethyl adjacent to an activating group) is 1. The average Bonchev–Trinajstić information content (AvgIpc) is 2.83. The Hall–Kier alpha value is -2.08. The van der Waals surface area contributed by atoms with Gasteiger partial charge < -0.3 is 4.74 Å². The predicted octanol–water partition coefficient (Wildman–Crippen LogP) is 3.46. The summed E-state index contributed by atoms with van der Waals surface area (Å²) in [6, 6.07) is 20.7. The molecule has 0 spiro atoms. The molecule has 0 bridgehead atoms. The molecule has 2 aromatic rings. The first-order chi connectivity index (χ1) is 10.3. The van der Waals surface area contributed by atoms with E-state index < -0.39 is 0 Å². The molecule has 2 nitrogen and oxygen atoms in total. The predicted molar refractivity (Wildman–Crippen MR) is 84.6 cm³/mol. The van der Waals surface area contributed by atoms with E-state index in [1.807, 2.05) is 48.5 Å². The van der Waals surface area contributed by atoms with Crippen molar-refractivity contribution in [1.82, 2.24) is 4.90 Å². The van der Waals surface area contributed by atoms with Crippen molar-refractivity contribution in [3.05, 3.63) is 71.8 Å². The summed E-state index contributed by atoms with van der Waals surface area (Å²) in [7, 11) is 2.07. The fourth-order valence-electron chi connectivity index (χ4n) is 2.58. The Morgan fingerprint density at radius 1 is 0.952 bits per heavy atom. The Bertz CT molecular complexity index is 642. The number of nitrogens with zero attached hydrogens (tertiary/aromatic N) is 1. The van der Waals surface area contributed by atoms with Gasteiger partial charge in [-0.1, -0.05) is 54.5 Å². The Labute approximate surface area is 126 Å². The van der Waals surface area contributed by atoms with Crippen LogP contribution in [0.3, 0.4) is 0 Å². The molecule has 3 atom stereocenters. The molecule has 1 saturated heterocycles. The number of hydrogen-bond donors (Lipinski definition) is 0. The molecule has 2 heteroatoms. The molecule has 0 aliphatic carbocycles. The highest BCUT2D eigenvalue weighted by Crippen LogP contribution is 2.33. The van der Waals surface area contributed by atoms with Gasteiger partial charge in [-0.05, 0) is 37.6 Å². The van der Waals surface area contributed by atoms with Gasteiger partial charge in [-0.15, -0.1) is 0 Å². The lowest BCUT2D eigenvalue weighted by Crippen LogP contribution is -2.30. The molecular weight excluding hydrogens is 258 g/mol. The summed E-state index contributed by atoms with van der Waals surface area (Å²) >= 11 is 0. The van der Waals surface area contributed by atoms with Crippen LogP contribution in [0.25, 0.3) is 0 Å². The van der Waals surface area contributed by atoms with E-state index in [1.54, 1.807) is 0 Å². The standard InChI is InChI=1S/C19H19NO/c1-15-19(17-11-7-4-8-12-17)21-18(20(15)2)14-13-16-9-5-3-6-10-16/h3-12,15,18-19H,1-2H3/t15-,18-,19+/m1/s1. The van der Waals surface area contributed by atoms with Crippen LogP contribution < -0.4 is 0 Å². The molecule has 1 aliphatic rings. The van der Waals surface area contributed by atoms with Crippen molar-refractivity contribution in [1.29, 1.82) is 0 Å². The van der Waals surface area contributed by atoms with Gasteiger partial charge in [0.05, 0.1) is 0 Å². The van der Waals surface area contributed by atoms with Gasteiger partial charge in [0.15, 0.2) is 6.23 Å². The van der Waals surface area contributed by atoms with E-state index in [-0.39, 0.29) is 12.3 Å². The second kappa shape index (κ2) is 6.13. The average molecular weight is 277 g/mol. The fourth-order valence-corrected chi connectivity index (χ4v) is 2.58. The van der Waals surface area contributed by atoms with Crippen molar-refractivity contribution in [3.8, 4) is 11.8 Å². The lowest BCUT2D eigenvalue weighted by molar-refractivity contribution is 0.0471. The third-order valence-electron chi connectivity index (χ3n) is 3.97. The van der Waals surface area contributed by atoms with Crippen LogP contribution in [-0.2, 0) is 4.74 Å². The van der Waals surface area contributed by atoms with Crippen LogP contribution in [0.15, 0.2) is 60.7 Å². The second-order valence-corrected chi connectivity index (χ2v) is 5.36. The molecule has 0 N–H and O–H groups in total. The third-order valence-corrected chi connectivity index (χ3v) is 3.97. The van der Waals surface area contributed by atoms with Crippen LogP contribution in [-0.4, -0.2) is 24.2 Å². The molecule has 21 heavy (non-hydrogen) atoms. The summed E-state index contributed by atoms with van der Waals surface area (Å²) in [4.78, 5) is 2.19. The fraction of sp³-hybridized carbons (Fsp3) is 0.263. The maximum absolute atomic E-state index is 6.15. The van der Waals surface area contributed by atoms with E-state index in [9.17, 15) is 0 Å². The van der Waals surface area contributed by atoms with Crippen molar-refractivity contribution >= 4 is 0 Å². The van der Waals surface area contributed by atoms with Crippen molar-refractivity contribution in [2.75, 3.05) is 7.05 Å². The second-order valence-electron chi connectivity index (χ2n) is 5.36. The van der Waals surface area contributed by atoms with E-state index in [2.05, 4.69) is 42.8 Å². The van der Waals surface area contributed by atoms with E-state index in [0.717, 1.165) is 5.56 Å². The van der Waals surface area contributed by atoms with Crippen LogP contribution in [0.4, 0.5) is 0 Å². The van der Waals surface area contributed by atoms with Crippen LogP contribution in [0.2, 0.25) is 0 Å². The number of rotatable bonds is 1. The van der Waals surface area contributed by atoms with Crippen molar-refractivity contribution < 1.29 is 4.74 Å². The highest BCUT2D eigenvalue weighted by molar-refractivity contribution is 5.35. The molecule has 0 saturated carbocycles. The summed E-state index contributed by atoms with van der Waals surface area (Å²) in [5.74, 6) is 6.42. The maximum atomic E-state index is 6.15. The van der Waals surface area contributed by atoms with Gasteiger partial charge in [-0.3, -0.25) is 4.90 Å². The zero-order chi connectivity index (χ0) is 14.7. The molecule has 0 radical (unpaired) electrons. The van der Waals surface area contributed by atoms with Crippen LogP contribution >= 0.6 is 0 Å². The molecular formula is C19H19NO. The minimum atomic E-state index is -0.162. The third kappa shape index (κ3) is 3.00.